The summed E-state index contributed by atoms with van der Waals surface area (Å²) in [7, 11) is 0. The molecule has 0 aromatic heterocycles. The lowest BCUT2D eigenvalue weighted by Gasteiger charge is -2.13. The molecule has 2 aromatic rings. The van der Waals surface area contributed by atoms with Gasteiger partial charge in [-0.15, -0.1) is 6.58 Å². The van der Waals surface area contributed by atoms with E-state index in [2.05, 4.69) is 11.6 Å². The maximum atomic E-state index is 12.8. The highest BCUT2D eigenvalue weighted by atomic mass is 32.2. The van der Waals surface area contributed by atoms with Gasteiger partial charge in [0.1, 0.15) is 11.4 Å². The molecule has 1 aliphatic rings. The van der Waals surface area contributed by atoms with E-state index in [1.165, 1.54) is 11.8 Å². The Kier molecular flexibility index (Phi) is 5.28. The first-order valence-corrected chi connectivity index (χ1v) is 9.07. The van der Waals surface area contributed by atoms with Crippen LogP contribution in [0.5, 0.6) is 5.75 Å². The van der Waals surface area contributed by atoms with E-state index in [0.29, 0.717) is 22.3 Å². The van der Waals surface area contributed by atoms with Crippen LogP contribution in [-0.4, -0.2) is 27.6 Å². The Labute approximate surface area is 157 Å². The molecule has 26 heavy (non-hydrogen) atoms. The summed E-state index contributed by atoms with van der Waals surface area (Å²) in [5.41, 5.74) is 3.49. The fraction of sp³-hybridized carbons (Fsp3) is 0.143. The number of phenols is 1. The van der Waals surface area contributed by atoms with Crippen molar-refractivity contribution in [2.75, 3.05) is 6.54 Å². The molecule has 2 aromatic carbocycles. The van der Waals surface area contributed by atoms with Crippen molar-refractivity contribution >= 4 is 34.6 Å². The van der Waals surface area contributed by atoms with Crippen LogP contribution < -0.4 is 0 Å². The van der Waals surface area contributed by atoms with Crippen molar-refractivity contribution in [2.45, 2.75) is 13.8 Å². The average molecular weight is 364 g/mol. The summed E-state index contributed by atoms with van der Waals surface area (Å²) in [4.78, 5) is 19.5. The summed E-state index contributed by atoms with van der Waals surface area (Å²) in [5.74, 6) is -0.0102. The summed E-state index contributed by atoms with van der Waals surface area (Å²) in [6.45, 7) is 8.00. The van der Waals surface area contributed by atoms with Crippen LogP contribution in [-0.2, 0) is 4.79 Å². The largest absolute Gasteiger partial charge is 0.506 e. The van der Waals surface area contributed by atoms with Gasteiger partial charge in [0.15, 0.2) is 5.17 Å². The highest BCUT2D eigenvalue weighted by Gasteiger charge is 2.32. The zero-order valence-electron chi connectivity index (χ0n) is 14.8. The number of aliphatic imine (C=N–C) groups is 1. The molecule has 3 rings (SSSR count). The van der Waals surface area contributed by atoms with Crippen LogP contribution in [0, 0.1) is 13.8 Å². The summed E-state index contributed by atoms with van der Waals surface area (Å²) >= 11 is 1.31. The van der Waals surface area contributed by atoms with E-state index < -0.39 is 0 Å². The summed E-state index contributed by atoms with van der Waals surface area (Å²) < 4.78 is 0. The van der Waals surface area contributed by atoms with Crippen molar-refractivity contribution in [1.82, 2.24) is 4.90 Å². The lowest BCUT2D eigenvalue weighted by Crippen LogP contribution is -2.29. The minimum atomic E-state index is -0.108. The number of hydrogen-bond acceptors (Lipinski definition) is 4. The Bertz CT molecular complexity index is 931. The van der Waals surface area contributed by atoms with Gasteiger partial charge in [0, 0.05) is 6.54 Å². The second-order valence-electron chi connectivity index (χ2n) is 6.06. The molecule has 0 atom stereocenters. The first-order chi connectivity index (χ1) is 12.5. The predicted octanol–water partition coefficient (Wildman–Crippen LogP) is 4.80. The van der Waals surface area contributed by atoms with Crippen LogP contribution in [0.25, 0.3) is 6.08 Å². The van der Waals surface area contributed by atoms with Crippen LogP contribution >= 0.6 is 11.8 Å². The molecule has 0 spiro atoms. The molecule has 1 saturated heterocycles. The Hall–Kier alpha value is -2.79. The van der Waals surface area contributed by atoms with Crippen LogP contribution in [0.3, 0.4) is 0 Å². The normalized spacial score (nSPS) is 17.3. The second kappa shape index (κ2) is 7.62. The molecule has 1 amide bonds. The molecule has 4 nitrogen and oxygen atoms in total. The van der Waals surface area contributed by atoms with Crippen LogP contribution in [0.2, 0.25) is 0 Å². The SMILES string of the molecule is C=CCN1C(=O)/C(=C/c2ccccc2C)SC1=Nc1ccc(C)cc1O. The van der Waals surface area contributed by atoms with Gasteiger partial charge in [0.25, 0.3) is 5.91 Å². The van der Waals surface area contributed by atoms with Gasteiger partial charge in [0.05, 0.1) is 4.91 Å². The van der Waals surface area contributed by atoms with Crippen molar-refractivity contribution in [3.63, 3.8) is 0 Å². The summed E-state index contributed by atoms with van der Waals surface area (Å²) in [6, 6.07) is 13.2. The summed E-state index contributed by atoms with van der Waals surface area (Å²) in [5, 5.41) is 10.7. The van der Waals surface area contributed by atoms with E-state index >= 15 is 0 Å². The van der Waals surface area contributed by atoms with Gasteiger partial charge < -0.3 is 5.11 Å². The zero-order chi connectivity index (χ0) is 18.7. The lowest BCUT2D eigenvalue weighted by atomic mass is 10.1. The molecule has 0 aliphatic carbocycles. The average Bonchev–Trinajstić information content (AvgIpc) is 2.89. The molecule has 0 radical (unpaired) electrons. The van der Waals surface area contributed by atoms with E-state index in [1.54, 1.807) is 23.1 Å². The quantitative estimate of drug-likeness (QED) is 0.626. The number of rotatable bonds is 4. The maximum absolute atomic E-state index is 12.8. The number of amidine groups is 1. The zero-order valence-corrected chi connectivity index (χ0v) is 15.6. The lowest BCUT2D eigenvalue weighted by molar-refractivity contribution is -0.121. The number of nitrogens with zero attached hydrogens (tertiary/aromatic N) is 2. The monoisotopic (exact) mass is 364 g/mol. The smallest absolute Gasteiger partial charge is 0.267 e. The number of hydrogen-bond donors (Lipinski definition) is 1. The number of aromatic hydroxyl groups is 1. The number of aryl methyl sites for hydroxylation is 2. The van der Waals surface area contributed by atoms with Crippen LogP contribution in [0.15, 0.2) is 65.0 Å². The molecule has 132 valence electrons. The van der Waals surface area contributed by atoms with Gasteiger partial charge in [-0.2, -0.15) is 0 Å². The van der Waals surface area contributed by atoms with E-state index in [0.717, 1.165) is 16.7 Å². The Morgan fingerprint density at radius 1 is 1.23 bits per heavy atom. The highest BCUT2D eigenvalue weighted by molar-refractivity contribution is 8.18. The standard InChI is InChI=1S/C21H20N2O2S/c1-4-11-23-20(25)19(13-16-8-6-5-7-15(16)3)26-21(23)22-17-10-9-14(2)12-18(17)24/h4-10,12-13,24H,1,11H2,2-3H3/b19-13-,22-21?. The summed E-state index contributed by atoms with van der Waals surface area (Å²) in [6.07, 6.45) is 3.55. The molecule has 0 bridgehead atoms. The van der Waals surface area contributed by atoms with Crippen molar-refractivity contribution in [3.8, 4) is 5.75 Å². The molecular formula is C21H20N2O2S. The fourth-order valence-electron chi connectivity index (χ4n) is 2.60. The van der Waals surface area contributed by atoms with E-state index in [-0.39, 0.29) is 11.7 Å². The van der Waals surface area contributed by atoms with Gasteiger partial charge in [-0.1, -0.05) is 36.4 Å². The highest BCUT2D eigenvalue weighted by Crippen LogP contribution is 2.36. The van der Waals surface area contributed by atoms with Crippen molar-refractivity contribution in [1.29, 1.82) is 0 Å². The number of phenolic OH excluding ortho intramolecular Hbond substituents is 1. The third-order valence-corrected chi connectivity index (χ3v) is 5.03. The number of carbonyl (C=O) groups excluding carboxylic acids is 1. The minimum Gasteiger partial charge on any atom is -0.506 e. The molecule has 5 heteroatoms. The van der Waals surface area contributed by atoms with Gasteiger partial charge in [-0.05, 0) is 60.5 Å². The van der Waals surface area contributed by atoms with E-state index in [1.807, 2.05) is 50.3 Å². The molecular weight excluding hydrogens is 344 g/mol. The van der Waals surface area contributed by atoms with Gasteiger partial charge in [0.2, 0.25) is 0 Å². The van der Waals surface area contributed by atoms with Gasteiger partial charge in [-0.25, -0.2) is 4.99 Å². The maximum Gasteiger partial charge on any atom is 0.267 e. The van der Waals surface area contributed by atoms with Crippen molar-refractivity contribution in [3.05, 3.63) is 76.7 Å². The third-order valence-electron chi connectivity index (χ3n) is 4.02. The van der Waals surface area contributed by atoms with Crippen LogP contribution in [0.1, 0.15) is 16.7 Å². The Balaban J connectivity index is 2.00. The second-order valence-corrected chi connectivity index (χ2v) is 7.07. The first-order valence-electron chi connectivity index (χ1n) is 8.26. The topological polar surface area (TPSA) is 52.9 Å². The molecule has 0 saturated carbocycles. The molecule has 1 N–H and O–H groups in total. The third kappa shape index (κ3) is 3.73. The Morgan fingerprint density at radius 3 is 2.69 bits per heavy atom. The van der Waals surface area contributed by atoms with Crippen LogP contribution in [0.4, 0.5) is 5.69 Å². The molecule has 1 aliphatic heterocycles. The van der Waals surface area contributed by atoms with Gasteiger partial charge in [-0.3, -0.25) is 9.69 Å². The molecule has 1 heterocycles. The first kappa shape index (κ1) is 18.0. The fourth-order valence-corrected chi connectivity index (χ4v) is 3.59. The van der Waals surface area contributed by atoms with E-state index in [9.17, 15) is 9.90 Å². The molecule has 0 unspecified atom stereocenters. The van der Waals surface area contributed by atoms with Gasteiger partial charge >= 0.3 is 0 Å². The van der Waals surface area contributed by atoms with E-state index in [4.69, 9.17) is 0 Å². The minimum absolute atomic E-state index is 0.0976. The van der Waals surface area contributed by atoms with Crippen molar-refractivity contribution in [2.24, 2.45) is 4.99 Å². The number of carbonyl (C=O) groups is 1. The number of benzene rings is 2. The number of thioether (sulfide) groups is 1. The Morgan fingerprint density at radius 2 is 2.00 bits per heavy atom. The number of amides is 1. The molecule has 1 fully saturated rings. The van der Waals surface area contributed by atoms with Crippen molar-refractivity contribution < 1.29 is 9.90 Å². The predicted molar refractivity (Wildman–Crippen MR) is 109 cm³/mol.